The van der Waals surface area contributed by atoms with Crippen molar-refractivity contribution in [3.8, 4) is 5.75 Å². The summed E-state index contributed by atoms with van der Waals surface area (Å²) in [7, 11) is 1.62. The first kappa shape index (κ1) is 14.4. The number of hydrogen-bond acceptors (Lipinski definition) is 3. The predicted octanol–water partition coefficient (Wildman–Crippen LogP) is 3.03. The summed E-state index contributed by atoms with van der Waals surface area (Å²) >= 11 is 0. The van der Waals surface area contributed by atoms with Crippen LogP contribution in [0.5, 0.6) is 5.75 Å². The van der Waals surface area contributed by atoms with Gasteiger partial charge in [-0.25, -0.2) is 4.79 Å². The zero-order chi connectivity index (χ0) is 13.8. The van der Waals surface area contributed by atoms with Crippen LogP contribution in [0.4, 0.5) is 4.79 Å². The van der Waals surface area contributed by atoms with E-state index in [4.69, 9.17) is 9.47 Å². The lowest BCUT2D eigenvalue weighted by Crippen LogP contribution is -2.32. The standard InChI is InChI=1S/C14H21NO3/c1-10-6-7-12(17-5)8-11(10)9-15-13(16)18-14(2,3)4/h6-8H,9H2,1-5H3,(H,15,16). The van der Waals surface area contributed by atoms with Gasteiger partial charge in [-0.3, -0.25) is 0 Å². The lowest BCUT2D eigenvalue weighted by atomic mass is 10.1. The Hall–Kier alpha value is -1.71. The fraction of sp³-hybridized carbons (Fsp3) is 0.500. The summed E-state index contributed by atoms with van der Waals surface area (Å²) in [6, 6.07) is 5.77. The van der Waals surface area contributed by atoms with Gasteiger partial charge in [-0.05, 0) is 51.0 Å². The molecule has 0 saturated heterocycles. The average Bonchev–Trinajstić information content (AvgIpc) is 2.25. The van der Waals surface area contributed by atoms with Crippen LogP contribution >= 0.6 is 0 Å². The third kappa shape index (κ3) is 4.65. The molecule has 1 rings (SSSR count). The Morgan fingerprint density at radius 1 is 1.33 bits per heavy atom. The van der Waals surface area contributed by atoms with E-state index >= 15 is 0 Å². The normalized spacial score (nSPS) is 10.9. The number of benzene rings is 1. The van der Waals surface area contributed by atoms with E-state index < -0.39 is 11.7 Å². The van der Waals surface area contributed by atoms with Crippen molar-refractivity contribution < 1.29 is 14.3 Å². The van der Waals surface area contributed by atoms with Gasteiger partial charge in [-0.1, -0.05) is 6.07 Å². The van der Waals surface area contributed by atoms with Gasteiger partial charge in [0.2, 0.25) is 0 Å². The van der Waals surface area contributed by atoms with Gasteiger partial charge in [0.25, 0.3) is 0 Å². The number of aryl methyl sites for hydroxylation is 1. The second-order valence-electron chi connectivity index (χ2n) is 5.15. The van der Waals surface area contributed by atoms with Crippen LogP contribution in [0.1, 0.15) is 31.9 Å². The molecular formula is C14H21NO3. The number of hydrogen-bond donors (Lipinski definition) is 1. The highest BCUT2D eigenvalue weighted by atomic mass is 16.6. The minimum Gasteiger partial charge on any atom is -0.497 e. The van der Waals surface area contributed by atoms with Crippen molar-refractivity contribution >= 4 is 6.09 Å². The second-order valence-corrected chi connectivity index (χ2v) is 5.15. The number of rotatable bonds is 3. The van der Waals surface area contributed by atoms with Crippen LogP contribution in [0.15, 0.2) is 18.2 Å². The van der Waals surface area contributed by atoms with Gasteiger partial charge in [0.15, 0.2) is 0 Å². The molecule has 0 saturated carbocycles. The van der Waals surface area contributed by atoms with Crippen molar-refractivity contribution in [3.05, 3.63) is 29.3 Å². The average molecular weight is 251 g/mol. The highest BCUT2D eigenvalue weighted by Crippen LogP contribution is 2.17. The lowest BCUT2D eigenvalue weighted by molar-refractivity contribution is 0.0523. The second kappa shape index (κ2) is 5.76. The molecule has 1 aromatic rings. The van der Waals surface area contributed by atoms with E-state index in [1.165, 1.54) is 0 Å². The van der Waals surface area contributed by atoms with Gasteiger partial charge >= 0.3 is 6.09 Å². The number of carbonyl (C=O) groups is 1. The highest BCUT2D eigenvalue weighted by molar-refractivity contribution is 5.67. The minimum atomic E-state index is -0.479. The quantitative estimate of drug-likeness (QED) is 0.898. The number of ether oxygens (including phenoxy) is 2. The summed E-state index contributed by atoms with van der Waals surface area (Å²) in [5.41, 5.74) is 1.64. The molecule has 0 aromatic heterocycles. The van der Waals surface area contributed by atoms with Gasteiger partial charge in [0, 0.05) is 6.54 Å². The molecule has 0 aliphatic carbocycles. The van der Waals surface area contributed by atoms with E-state index in [-0.39, 0.29) is 0 Å². The SMILES string of the molecule is COc1ccc(C)c(CNC(=O)OC(C)(C)C)c1. The molecule has 0 unspecified atom stereocenters. The Kier molecular flexibility index (Phi) is 4.59. The summed E-state index contributed by atoms with van der Waals surface area (Å²) in [6.45, 7) is 7.93. The smallest absolute Gasteiger partial charge is 0.407 e. The molecule has 18 heavy (non-hydrogen) atoms. The molecule has 0 heterocycles. The zero-order valence-electron chi connectivity index (χ0n) is 11.7. The molecule has 100 valence electrons. The lowest BCUT2D eigenvalue weighted by Gasteiger charge is -2.20. The zero-order valence-corrected chi connectivity index (χ0v) is 11.7. The molecule has 4 heteroatoms. The Morgan fingerprint density at radius 2 is 2.00 bits per heavy atom. The summed E-state index contributed by atoms with van der Waals surface area (Å²) in [4.78, 5) is 11.5. The van der Waals surface area contributed by atoms with Crippen LogP contribution in [-0.4, -0.2) is 18.8 Å². The van der Waals surface area contributed by atoms with E-state index in [1.807, 2.05) is 45.9 Å². The fourth-order valence-electron chi connectivity index (χ4n) is 1.45. The third-order valence-electron chi connectivity index (χ3n) is 2.38. The first-order valence-corrected chi connectivity index (χ1v) is 5.92. The van der Waals surface area contributed by atoms with E-state index in [0.29, 0.717) is 6.54 Å². The number of methoxy groups -OCH3 is 1. The summed E-state index contributed by atoms with van der Waals surface area (Å²) in [6.07, 6.45) is -0.412. The van der Waals surface area contributed by atoms with Crippen molar-refractivity contribution in [2.24, 2.45) is 0 Å². The van der Waals surface area contributed by atoms with Crippen molar-refractivity contribution in [3.63, 3.8) is 0 Å². The van der Waals surface area contributed by atoms with Gasteiger partial charge in [-0.15, -0.1) is 0 Å². The fourth-order valence-corrected chi connectivity index (χ4v) is 1.45. The molecule has 0 aliphatic heterocycles. The van der Waals surface area contributed by atoms with Crippen LogP contribution in [-0.2, 0) is 11.3 Å². The number of amides is 1. The van der Waals surface area contributed by atoms with Gasteiger partial charge in [0.05, 0.1) is 7.11 Å². The monoisotopic (exact) mass is 251 g/mol. The summed E-state index contributed by atoms with van der Waals surface area (Å²) in [5.74, 6) is 0.779. The maximum atomic E-state index is 11.5. The van der Waals surface area contributed by atoms with Crippen LogP contribution in [0.3, 0.4) is 0 Å². The molecule has 0 spiro atoms. The molecule has 1 amide bonds. The van der Waals surface area contributed by atoms with Crippen molar-refractivity contribution in [2.45, 2.75) is 39.8 Å². The topological polar surface area (TPSA) is 47.6 Å². The Balaban J connectivity index is 2.60. The molecular weight excluding hydrogens is 230 g/mol. The summed E-state index contributed by atoms with van der Waals surface area (Å²) in [5, 5.41) is 2.73. The van der Waals surface area contributed by atoms with Crippen LogP contribution in [0, 0.1) is 6.92 Å². The number of carbonyl (C=O) groups excluding carboxylic acids is 1. The van der Waals surface area contributed by atoms with E-state index in [1.54, 1.807) is 7.11 Å². The Labute approximate surface area is 108 Å². The van der Waals surface area contributed by atoms with Crippen molar-refractivity contribution in [2.75, 3.05) is 7.11 Å². The molecule has 0 bridgehead atoms. The van der Waals surface area contributed by atoms with E-state index in [2.05, 4.69) is 5.32 Å². The molecule has 0 fully saturated rings. The van der Waals surface area contributed by atoms with Gasteiger partial charge in [0.1, 0.15) is 11.4 Å². The number of nitrogens with one attached hydrogen (secondary N) is 1. The van der Waals surface area contributed by atoms with Gasteiger partial charge < -0.3 is 14.8 Å². The highest BCUT2D eigenvalue weighted by Gasteiger charge is 2.15. The Bertz CT molecular complexity index is 422. The molecule has 4 nitrogen and oxygen atoms in total. The Morgan fingerprint density at radius 3 is 2.56 bits per heavy atom. The maximum absolute atomic E-state index is 11.5. The van der Waals surface area contributed by atoms with Crippen LogP contribution in [0.2, 0.25) is 0 Å². The largest absolute Gasteiger partial charge is 0.497 e. The van der Waals surface area contributed by atoms with E-state index in [0.717, 1.165) is 16.9 Å². The summed E-state index contributed by atoms with van der Waals surface area (Å²) < 4.78 is 10.3. The van der Waals surface area contributed by atoms with Crippen LogP contribution in [0.25, 0.3) is 0 Å². The number of alkyl carbamates (subject to hydrolysis) is 1. The first-order valence-electron chi connectivity index (χ1n) is 5.92. The first-order chi connectivity index (χ1) is 8.31. The van der Waals surface area contributed by atoms with E-state index in [9.17, 15) is 4.79 Å². The minimum absolute atomic E-state index is 0.412. The maximum Gasteiger partial charge on any atom is 0.407 e. The molecule has 1 aromatic carbocycles. The predicted molar refractivity (Wildman–Crippen MR) is 70.8 cm³/mol. The van der Waals surface area contributed by atoms with Gasteiger partial charge in [-0.2, -0.15) is 0 Å². The van der Waals surface area contributed by atoms with Crippen molar-refractivity contribution in [1.29, 1.82) is 0 Å². The van der Waals surface area contributed by atoms with Crippen molar-refractivity contribution in [1.82, 2.24) is 5.32 Å². The molecule has 1 N–H and O–H groups in total. The third-order valence-corrected chi connectivity index (χ3v) is 2.38. The molecule has 0 aliphatic rings. The molecule has 0 atom stereocenters. The molecule has 0 radical (unpaired) electrons. The van der Waals surface area contributed by atoms with Crippen LogP contribution < -0.4 is 10.1 Å².